The number of benzene rings is 3. The van der Waals surface area contributed by atoms with Gasteiger partial charge in [-0.15, -0.1) is 0 Å². The number of rotatable bonds is 8. The molecular weight excluding hydrogens is 456 g/mol. The highest BCUT2D eigenvalue weighted by molar-refractivity contribution is 6.10. The van der Waals surface area contributed by atoms with Crippen LogP contribution >= 0.6 is 0 Å². The van der Waals surface area contributed by atoms with Crippen LogP contribution in [-0.2, 0) is 9.59 Å². The summed E-state index contributed by atoms with van der Waals surface area (Å²) >= 11 is 0. The van der Waals surface area contributed by atoms with E-state index < -0.39 is 11.8 Å². The number of nitrogens with zero attached hydrogens (tertiary/aromatic N) is 2. The summed E-state index contributed by atoms with van der Waals surface area (Å²) < 4.78 is 10.3. The van der Waals surface area contributed by atoms with Gasteiger partial charge in [-0.1, -0.05) is 30.3 Å². The zero-order valence-corrected chi connectivity index (χ0v) is 19.6. The van der Waals surface area contributed by atoms with Gasteiger partial charge in [0.15, 0.2) is 0 Å². The van der Waals surface area contributed by atoms with Crippen molar-refractivity contribution in [3.05, 3.63) is 95.1 Å². The summed E-state index contributed by atoms with van der Waals surface area (Å²) in [5.41, 5.74) is 1.83. The fourth-order valence-electron chi connectivity index (χ4n) is 3.17. The average Bonchev–Trinajstić information content (AvgIpc) is 2.90. The van der Waals surface area contributed by atoms with E-state index in [1.165, 1.54) is 26.4 Å². The molecule has 8 nitrogen and oxygen atoms in total. The van der Waals surface area contributed by atoms with Gasteiger partial charge < -0.3 is 20.1 Å². The Morgan fingerprint density at radius 1 is 0.694 bits per heavy atom. The summed E-state index contributed by atoms with van der Waals surface area (Å²) in [7, 11) is 3.03. The maximum Gasteiger partial charge on any atom is 0.266 e. The Labute approximate surface area is 208 Å². The number of ether oxygens (including phenoxy) is 2. The van der Waals surface area contributed by atoms with Gasteiger partial charge in [-0.25, -0.2) is 0 Å². The Balaban J connectivity index is 1.79. The van der Waals surface area contributed by atoms with Crippen LogP contribution < -0.4 is 20.1 Å². The topological polar surface area (TPSA) is 124 Å². The molecule has 2 amide bonds. The quantitative estimate of drug-likeness (QED) is 0.354. The second-order valence-corrected chi connectivity index (χ2v) is 7.38. The van der Waals surface area contributed by atoms with Gasteiger partial charge in [0.05, 0.1) is 14.2 Å². The van der Waals surface area contributed by atoms with E-state index >= 15 is 0 Å². The van der Waals surface area contributed by atoms with Crippen molar-refractivity contribution in [2.45, 2.75) is 0 Å². The molecular formula is C28H22N4O4. The molecule has 0 radical (unpaired) electrons. The molecule has 0 spiro atoms. The van der Waals surface area contributed by atoms with Gasteiger partial charge in [0.1, 0.15) is 34.8 Å². The molecule has 178 valence electrons. The van der Waals surface area contributed by atoms with Crippen molar-refractivity contribution in [2.75, 3.05) is 24.9 Å². The van der Waals surface area contributed by atoms with E-state index in [0.29, 0.717) is 34.0 Å². The van der Waals surface area contributed by atoms with Crippen LogP contribution in [0, 0.1) is 22.7 Å². The Kier molecular flexibility index (Phi) is 8.58. The number of carbonyl (C=O) groups is 2. The maximum absolute atomic E-state index is 12.6. The van der Waals surface area contributed by atoms with Crippen molar-refractivity contribution < 1.29 is 19.1 Å². The van der Waals surface area contributed by atoms with Crippen LogP contribution in [0.1, 0.15) is 11.1 Å². The molecule has 0 aliphatic carbocycles. The number of hydrogen-bond acceptors (Lipinski definition) is 6. The Morgan fingerprint density at radius 2 is 1.11 bits per heavy atom. The lowest BCUT2D eigenvalue weighted by atomic mass is 10.1. The van der Waals surface area contributed by atoms with Crippen molar-refractivity contribution in [3.63, 3.8) is 0 Å². The molecule has 2 N–H and O–H groups in total. The van der Waals surface area contributed by atoms with Crippen LogP contribution in [0.4, 0.5) is 11.4 Å². The van der Waals surface area contributed by atoms with Crippen molar-refractivity contribution in [2.24, 2.45) is 0 Å². The Morgan fingerprint density at radius 3 is 1.50 bits per heavy atom. The average molecular weight is 479 g/mol. The van der Waals surface area contributed by atoms with Crippen molar-refractivity contribution in [3.8, 4) is 23.6 Å². The zero-order chi connectivity index (χ0) is 25.9. The number of amides is 2. The molecule has 0 fully saturated rings. The maximum atomic E-state index is 12.6. The summed E-state index contributed by atoms with van der Waals surface area (Å²) in [5.74, 6) is -0.0267. The summed E-state index contributed by atoms with van der Waals surface area (Å²) in [6, 6.07) is 24.1. The molecule has 3 rings (SSSR count). The van der Waals surface area contributed by atoms with Crippen LogP contribution in [0.25, 0.3) is 12.2 Å². The van der Waals surface area contributed by atoms with E-state index in [2.05, 4.69) is 10.6 Å². The number of nitriles is 2. The zero-order valence-electron chi connectivity index (χ0n) is 19.6. The molecule has 8 heteroatoms. The molecule has 0 saturated heterocycles. The fourth-order valence-corrected chi connectivity index (χ4v) is 3.17. The first kappa shape index (κ1) is 25.3. The third kappa shape index (κ3) is 6.83. The smallest absolute Gasteiger partial charge is 0.266 e. The highest BCUT2D eigenvalue weighted by atomic mass is 16.5. The van der Waals surface area contributed by atoms with Gasteiger partial charge in [-0.3, -0.25) is 9.59 Å². The van der Waals surface area contributed by atoms with Crippen LogP contribution in [-0.4, -0.2) is 26.0 Å². The van der Waals surface area contributed by atoms with Gasteiger partial charge in [0.25, 0.3) is 11.8 Å². The summed E-state index contributed by atoms with van der Waals surface area (Å²) in [6.45, 7) is 0. The van der Waals surface area contributed by atoms with E-state index in [1.807, 2.05) is 12.1 Å². The summed E-state index contributed by atoms with van der Waals surface area (Å²) in [5, 5.41) is 24.4. The molecule has 36 heavy (non-hydrogen) atoms. The minimum Gasteiger partial charge on any atom is -0.497 e. The predicted octanol–water partition coefficient (Wildman–Crippen LogP) is 4.80. The molecule has 0 bridgehead atoms. The van der Waals surface area contributed by atoms with E-state index in [4.69, 9.17) is 9.47 Å². The first-order chi connectivity index (χ1) is 17.4. The fraction of sp³-hybridized carbons (Fsp3) is 0.0714. The lowest BCUT2D eigenvalue weighted by Crippen LogP contribution is -2.13. The van der Waals surface area contributed by atoms with Crippen LogP contribution in [0.15, 0.2) is 83.9 Å². The molecule has 0 unspecified atom stereocenters. The van der Waals surface area contributed by atoms with Gasteiger partial charge in [-0.05, 0) is 53.6 Å². The van der Waals surface area contributed by atoms with Gasteiger partial charge in [0.2, 0.25) is 0 Å². The first-order valence-corrected chi connectivity index (χ1v) is 10.7. The minimum absolute atomic E-state index is 0.116. The van der Waals surface area contributed by atoms with Gasteiger partial charge in [-0.2, -0.15) is 10.5 Å². The number of nitrogens with one attached hydrogen (secondary N) is 2. The predicted molar refractivity (Wildman–Crippen MR) is 137 cm³/mol. The molecule has 0 heterocycles. The minimum atomic E-state index is -0.581. The third-order valence-electron chi connectivity index (χ3n) is 4.92. The normalized spacial score (nSPS) is 11.0. The standard InChI is InChI=1S/C28H22N4O4/c1-35-25-10-4-8-23(15-25)31-27(33)21(17-29)13-19-6-3-7-20(12-19)14-22(18-30)28(34)32-24-9-5-11-26(16-24)36-2/h3-16H,1-2H3,(H,31,33)(H,32,34)/b21-13+,22-14+. The lowest BCUT2D eigenvalue weighted by Gasteiger charge is -2.07. The van der Waals surface area contributed by atoms with E-state index in [9.17, 15) is 20.1 Å². The number of carbonyl (C=O) groups excluding carboxylic acids is 2. The van der Waals surface area contributed by atoms with Crippen LogP contribution in [0.3, 0.4) is 0 Å². The number of hydrogen-bond donors (Lipinski definition) is 2. The summed E-state index contributed by atoms with van der Waals surface area (Å²) in [6.07, 6.45) is 2.85. The molecule has 3 aromatic rings. The molecule has 0 aliphatic rings. The SMILES string of the molecule is COc1cccc(NC(=O)/C(C#N)=C/c2cccc(/C=C(\C#N)C(=O)Nc3cccc(OC)c3)c2)c1. The van der Waals surface area contributed by atoms with Gasteiger partial charge >= 0.3 is 0 Å². The third-order valence-corrected chi connectivity index (χ3v) is 4.92. The molecule has 0 saturated carbocycles. The van der Waals surface area contributed by atoms with Crippen molar-refractivity contribution in [1.29, 1.82) is 10.5 Å². The first-order valence-electron chi connectivity index (χ1n) is 10.7. The lowest BCUT2D eigenvalue weighted by molar-refractivity contribution is -0.113. The second-order valence-electron chi connectivity index (χ2n) is 7.38. The van der Waals surface area contributed by atoms with E-state index in [-0.39, 0.29) is 11.1 Å². The molecule has 0 aromatic heterocycles. The number of anilines is 2. The van der Waals surface area contributed by atoms with E-state index in [1.54, 1.807) is 72.8 Å². The Hall–Kier alpha value is -5.34. The van der Waals surface area contributed by atoms with Gasteiger partial charge in [0, 0.05) is 23.5 Å². The molecule has 0 aliphatic heterocycles. The number of methoxy groups -OCH3 is 2. The monoisotopic (exact) mass is 478 g/mol. The van der Waals surface area contributed by atoms with Crippen LogP contribution in [0.2, 0.25) is 0 Å². The molecule has 3 aromatic carbocycles. The van der Waals surface area contributed by atoms with Crippen molar-refractivity contribution >= 4 is 35.3 Å². The van der Waals surface area contributed by atoms with Crippen molar-refractivity contribution in [1.82, 2.24) is 0 Å². The summed E-state index contributed by atoms with van der Waals surface area (Å²) in [4.78, 5) is 25.2. The highest BCUT2D eigenvalue weighted by Gasteiger charge is 2.12. The largest absolute Gasteiger partial charge is 0.497 e. The van der Waals surface area contributed by atoms with Crippen LogP contribution in [0.5, 0.6) is 11.5 Å². The highest BCUT2D eigenvalue weighted by Crippen LogP contribution is 2.20. The van der Waals surface area contributed by atoms with E-state index in [0.717, 1.165) is 0 Å². The Bertz CT molecular complexity index is 1320. The second kappa shape index (κ2) is 12.2. The molecule has 0 atom stereocenters.